The van der Waals surface area contributed by atoms with E-state index in [0.717, 1.165) is 5.56 Å². The van der Waals surface area contributed by atoms with Crippen LogP contribution in [0.25, 0.3) is 11.1 Å². The minimum Gasteiger partial charge on any atom is -0.482 e. The van der Waals surface area contributed by atoms with E-state index in [1.165, 1.54) is 11.3 Å². The average molecular weight is 544 g/mol. The van der Waals surface area contributed by atoms with Crippen molar-refractivity contribution in [3.05, 3.63) is 107 Å². The normalized spacial score (nSPS) is 10.4. The number of ether oxygens (including phenoxy) is 3. The molecule has 1 aromatic heterocycles. The van der Waals surface area contributed by atoms with E-state index in [0.29, 0.717) is 27.4 Å². The van der Waals surface area contributed by atoms with Crippen LogP contribution >= 0.6 is 11.3 Å². The van der Waals surface area contributed by atoms with Crippen molar-refractivity contribution >= 4 is 40.0 Å². The van der Waals surface area contributed by atoms with Crippen molar-refractivity contribution in [3.8, 4) is 16.9 Å². The molecule has 0 spiro atoms. The summed E-state index contributed by atoms with van der Waals surface area (Å²) in [7, 11) is 0. The van der Waals surface area contributed by atoms with Crippen molar-refractivity contribution in [2.24, 2.45) is 0 Å². The zero-order chi connectivity index (χ0) is 27.6. The quantitative estimate of drug-likeness (QED) is 0.200. The number of nitrogens with one attached hydrogen (secondary N) is 1. The highest BCUT2D eigenvalue weighted by Crippen LogP contribution is 2.36. The van der Waals surface area contributed by atoms with E-state index in [-0.39, 0.29) is 18.0 Å². The van der Waals surface area contributed by atoms with Crippen molar-refractivity contribution in [2.45, 2.75) is 6.92 Å². The average Bonchev–Trinajstić information content (AvgIpc) is 3.39. The number of amides is 1. The third-order valence-electron chi connectivity index (χ3n) is 5.48. The highest BCUT2D eigenvalue weighted by Gasteiger charge is 2.23. The zero-order valence-corrected chi connectivity index (χ0v) is 21.9. The molecule has 0 radical (unpaired) electrons. The van der Waals surface area contributed by atoms with Gasteiger partial charge in [-0.3, -0.25) is 9.59 Å². The first-order chi connectivity index (χ1) is 19.0. The summed E-state index contributed by atoms with van der Waals surface area (Å²) in [6, 6.07) is 24.5. The van der Waals surface area contributed by atoms with Gasteiger partial charge in [-0.15, -0.1) is 11.3 Å². The van der Waals surface area contributed by atoms with Crippen LogP contribution in [0.5, 0.6) is 5.75 Å². The largest absolute Gasteiger partial charge is 0.482 e. The Balaban J connectivity index is 1.29. The fourth-order valence-corrected chi connectivity index (χ4v) is 4.61. The number of thiophene rings is 1. The lowest BCUT2D eigenvalue weighted by Gasteiger charge is -2.10. The Kier molecular flexibility index (Phi) is 9.20. The number of esters is 2. The van der Waals surface area contributed by atoms with Crippen molar-refractivity contribution in [2.75, 3.05) is 25.1 Å². The van der Waals surface area contributed by atoms with Crippen LogP contribution in [0.4, 0.5) is 5.00 Å². The Labute approximate surface area is 229 Å². The number of carbonyl (C=O) groups excluding carboxylic acids is 4. The molecule has 0 aliphatic rings. The van der Waals surface area contributed by atoms with Gasteiger partial charge in [-0.25, -0.2) is 9.59 Å². The third-order valence-corrected chi connectivity index (χ3v) is 6.38. The lowest BCUT2D eigenvalue weighted by atomic mass is 10.0. The summed E-state index contributed by atoms with van der Waals surface area (Å²) in [5, 5.41) is 4.69. The van der Waals surface area contributed by atoms with E-state index < -0.39 is 31.1 Å². The smallest absolute Gasteiger partial charge is 0.344 e. The summed E-state index contributed by atoms with van der Waals surface area (Å²) in [6.45, 7) is 0.892. The standard InChI is InChI=1S/C30H25NO7S/c1-2-36-30(35)27-24(20-9-5-3-6-10-20)19-39-29(27)31-25(32)17-38-26(33)18-37-23-15-13-22(14-16-23)28(34)21-11-7-4-8-12-21/h3-16,19H,2,17-18H2,1H3,(H,31,32). The van der Waals surface area contributed by atoms with E-state index in [1.54, 1.807) is 60.8 Å². The molecule has 8 nitrogen and oxygen atoms in total. The van der Waals surface area contributed by atoms with E-state index >= 15 is 0 Å². The summed E-state index contributed by atoms with van der Waals surface area (Å²) < 4.78 is 15.6. The predicted molar refractivity (Wildman–Crippen MR) is 147 cm³/mol. The van der Waals surface area contributed by atoms with Crippen LogP contribution in [0.3, 0.4) is 0 Å². The molecule has 4 rings (SSSR count). The van der Waals surface area contributed by atoms with E-state index in [1.807, 2.05) is 36.4 Å². The number of anilines is 1. The first kappa shape index (κ1) is 27.3. The molecule has 0 fully saturated rings. The maximum absolute atomic E-state index is 12.6. The SMILES string of the molecule is CCOC(=O)c1c(-c2ccccc2)csc1NC(=O)COC(=O)COc1ccc(C(=O)c2ccccc2)cc1. The maximum Gasteiger partial charge on any atom is 0.344 e. The summed E-state index contributed by atoms with van der Waals surface area (Å²) >= 11 is 1.17. The Hall–Kier alpha value is -4.76. The first-order valence-electron chi connectivity index (χ1n) is 12.1. The molecule has 1 heterocycles. The molecular formula is C30H25NO7S. The summed E-state index contributed by atoms with van der Waals surface area (Å²) in [5.41, 5.74) is 2.74. The Morgan fingerprint density at radius 1 is 0.769 bits per heavy atom. The molecule has 1 N–H and O–H groups in total. The van der Waals surface area contributed by atoms with Gasteiger partial charge in [0.15, 0.2) is 19.0 Å². The second-order valence-electron chi connectivity index (χ2n) is 8.16. The van der Waals surface area contributed by atoms with Gasteiger partial charge in [0.2, 0.25) is 0 Å². The monoisotopic (exact) mass is 543 g/mol. The predicted octanol–water partition coefficient (Wildman–Crippen LogP) is 5.38. The number of hydrogen-bond donors (Lipinski definition) is 1. The highest BCUT2D eigenvalue weighted by atomic mass is 32.1. The van der Waals surface area contributed by atoms with Gasteiger partial charge in [0.25, 0.3) is 5.91 Å². The molecule has 1 amide bonds. The van der Waals surface area contributed by atoms with Gasteiger partial charge in [0.05, 0.1) is 6.61 Å². The van der Waals surface area contributed by atoms with E-state index in [2.05, 4.69) is 5.32 Å². The Morgan fingerprint density at radius 2 is 1.41 bits per heavy atom. The molecule has 0 atom stereocenters. The van der Waals surface area contributed by atoms with Gasteiger partial charge in [-0.2, -0.15) is 0 Å². The van der Waals surface area contributed by atoms with Crippen molar-refractivity contribution in [1.29, 1.82) is 0 Å². The number of rotatable bonds is 11. The second kappa shape index (κ2) is 13.2. The molecule has 3 aromatic carbocycles. The molecule has 198 valence electrons. The Morgan fingerprint density at radius 3 is 2.08 bits per heavy atom. The molecule has 0 saturated carbocycles. The zero-order valence-electron chi connectivity index (χ0n) is 21.0. The fourth-order valence-electron chi connectivity index (χ4n) is 3.64. The van der Waals surface area contributed by atoms with Gasteiger partial charge in [0, 0.05) is 22.1 Å². The van der Waals surface area contributed by atoms with Gasteiger partial charge in [-0.05, 0) is 36.8 Å². The van der Waals surface area contributed by atoms with Crippen LogP contribution in [-0.4, -0.2) is 43.4 Å². The van der Waals surface area contributed by atoms with Gasteiger partial charge in [-0.1, -0.05) is 60.7 Å². The second-order valence-corrected chi connectivity index (χ2v) is 9.04. The van der Waals surface area contributed by atoms with Crippen LogP contribution < -0.4 is 10.1 Å². The molecule has 9 heteroatoms. The topological polar surface area (TPSA) is 108 Å². The van der Waals surface area contributed by atoms with Crippen molar-refractivity contribution < 1.29 is 33.4 Å². The number of benzene rings is 3. The van der Waals surface area contributed by atoms with Crippen LogP contribution in [0, 0.1) is 0 Å². The van der Waals surface area contributed by atoms with E-state index in [4.69, 9.17) is 14.2 Å². The van der Waals surface area contributed by atoms with Gasteiger partial charge >= 0.3 is 11.9 Å². The van der Waals surface area contributed by atoms with E-state index in [9.17, 15) is 19.2 Å². The third kappa shape index (κ3) is 7.18. The van der Waals surface area contributed by atoms with Gasteiger partial charge < -0.3 is 19.5 Å². The fraction of sp³-hybridized carbons (Fsp3) is 0.133. The minimum atomic E-state index is -0.753. The van der Waals surface area contributed by atoms with Crippen LogP contribution in [0.1, 0.15) is 33.2 Å². The molecule has 0 aliphatic carbocycles. The van der Waals surface area contributed by atoms with Crippen molar-refractivity contribution in [3.63, 3.8) is 0 Å². The van der Waals surface area contributed by atoms with Gasteiger partial charge in [0.1, 0.15) is 16.3 Å². The van der Waals surface area contributed by atoms with Crippen LogP contribution in [0.15, 0.2) is 90.3 Å². The van der Waals surface area contributed by atoms with Crippen LogP contribution in [0.2, 0.25) is 0 Å². The molecule has 0 unspecified atom stereocenters. The van der Waals surface area contributed by atoms with Crippen molar-refractivity contribution in [1.82, 2.24) is 0 Å². The Bertz CT molecular complexity index is 1450. The summed E-state index contributed by atoms with van der Waals surface area (Å²) in [6.07, 6.45) is 0. The first-order valence-corrected chi connectivity index (χ1v) is 13.0. The summed E-state index contributed by atoms with van der Waals surface area (Å²) in [4.78, 5) is 49.7. The highest BCUT2D eigenvalue weighted by molar-refractivity contribution is 7.15. The molecule has 39 heavy (non-hydrogen) atoms. The molecule has 0 bridgehead atoms. The number of carbonyl (C=O) groups is 4. The molecular weight excluding hydrogens is 518 g/mol. The maximum atomic E-state index is 12.6. The molecule has 4 aromatic rings. The number of ketones is 1. The molecule has 0 aliphatic heterocycles. The minimum absolute atomic E-state index is 0.125. The number of hydrogen-bond acceptors (Lipinski definition) is 8. The lowest BCUT2D eigenvalue weighted by molar-refractivity contribution is -0.149. The summed E-state index contributed by atoms with van der Waals surface area (Å²) in [5.74, 6) is -1.68. The lowest BCUT2D eigenvalue weighted by Crippen LogP contribution is -2.24. The van der Waals surface area contributed by atoms with Crippen LogP contribution in [-0.2, 0) is 19.1 Å². The molecule has 0 saturated heterocycles.